The molecule has 2 aromatic carbocycles. The summed E-state index contributed by atoms with van der Waals surface area (Å²) in [6, 6.07) is 15.6. The number of carbonyl (C=O) groups excluding carboxylic acids is 2. The van der Waals surface area contributed by atoms with Gasteiger partial charge < -0.3 is 15.0 Å². The van der Waals surface area contributed by atoms with Crippen molar-refractivity contribution in [1.82, 2.24) is 9.80 Å². The first-order valence-corrected chi connectivity index (χ1v) is 10.8. The summed E-state index contributed by atoms with van der Waals surface area (Å²) < 4.78 is 5.39. The molecule has 0 spiro atoms. The Morgan fingerprint density at radius 2 is 1.97 bits per heavy atom. The van der Waals surface area contributed by atoms with Crippen molar-refractivity contribution in [2.45, 2.75) is 23.7 Å². The number of morpholine rings is 1. The molecule has 2 amide bonds. The van der Waals surface area contributed by atoms with Gasteiger partial charge in [-0.25, -0.2) is 0 Å². The number of fused-ring (bicyclic) bond motifs is 1. The third kappa shape index (κ3) is 4.47. The Labute approximate surface area is 175 Å². The fraction of sp³-hybridized carbons (Fsp3) is 0.364. The highest BCUT2D eigenvalue weighted by Gasteiger charge is 2.33. The fourth-order valence-electron chi connectivity index (χ4n) is 3.60. The molecule has 1 atom stereocenters. The minimum atomic E-state index is -0.252. The highest BCUT2D eigenvalue weighted by molar-refractivity contribution is 8.00. The van der Waals surface area contributed by atoms with E-state index < -0.39 is 0 Å². The van der Waals surface area contributed by atoms with Crippen LogP contribution in [-0.4, -0.2) is 59.8 Å². The number of nitrogens with zero attached hydrogens (tertiary/aromatic N) is 2. The van der Waals surface area contributed by atoms with Gasteiger partial charge in [-0.05, 0) is 30.7 Å². The topological polar surface area (TPSA) is 61.9 Å². The highest BCUT2D eigenvalue weighted by Crippen LogP contribution is 2.38. The molecule has 6 nitrogen and oxygen atoms in total. The summed E-state index contributed by atoms with van der Waals surface area (Å²) in [5, 5.41) is 2.74. The molecule has 1 unspecified atom stereocenters. The molecule has 7 heteroatoms. The normalized spacial score (nSPS) is 19.3. The summed E-state index contributed by atoms with van der Waals surface area (Å²) in [5.41, 5.74) is 2.40. The standard InChI is InChI=1S/C22H25N3O3S/c1-2-24(15-16-6-4-3-5-7-16)21(27)17-8-9-19-18(14-17)23-20(26)22(29-19)25-10-12-28-13-11-25/h3-9,14,22H,2,10-13,15H2,1H3,(H,23,26). The van der Waals surface area contributed by atoms with Crippen LogP contribution in [-0.2, 0) is 16.1 Å². The largest absolute Gasteiger partial charge is 0.379 e. The molecule has 29 heavy (non-hydrogen) atoms. The van der Waals surface area contributed by atoms with Crippen LogP contribution in [0.15, 0.2) is 53.4 Å². The van der Waals surface area contributed by atoms with E-state index in [4.69, 9.17) is 4.74 Å². The lowest BCUT2D eigenvalue weighted by Gasteiger charge is -2.35. The van der Waals surface area contributed by atoms with Gasteiger partial charge in [-0.3, -0.25) is 14.5 Å². The number of benzene rings is 2. The molecule has 0 saturated carbocycles. The molecule has 2 aliphatic rings. The Balaban J connectivity index is 1.50. The lowest BCUT2D eigenvalue weighted by molar-refractivity contribution is -0.119. The van der Waals surface area contributed by atoms with E-state index in [0.29, 0.717) is 37.6 Å². The average Bonchev–Trinajstić information content (AvgIpc) is 2.77. The smallest absolute Gasteiger partial charge is 0.254 e. The Kier molecular flexibility index (Phi) is 6.18. The summed E-state index contributed by atoms with van der Waals surface area (Å²) in [6.45, 7) is 5.96. The Morgan fingerprint density at radius 1 is 1.21 bits per heavy atom. The number of ether oxygens (including phenoxy) is 1. The molecule has 1 saturated heterocycles. The molecular formula is C22H25N3O3S. The molecule has 2 aliphatic heterocycles. The zero-order chi connectivity index (χ0) is 20.2. The van der Waals surface area contributed by atoms with E-state index in [0.717, 1.165) is 23.5 Å². The van der Waals surface area contributed by atoms with Crippen LogP contribution in [0.4, 0.5) is 5.69 Å². The molecule has 4 rings (SSSR count). The number of nitrogens with one attached hydrogen (secondary N) is 1. The number of anilines is 1. The predicted octanol–water partition coefficient (Wildman–Crippen LogP) is 3.05. The zero-order valence-electron chi connectivity index (χ0n) is 16.5. The van der Waals surface area contributed by atoms with Crippen molar-refractivity contribution in [3.8, 4) is 0 Å². The predicted molar refractivity (Wildman–Crippen MR) is 114 cm³/mol. The fourth-order valence-corrected chi connectivity index (χ4v) is 4.75. The van der Waals surface area contributed by atoms with Gasteiger partial charge in [0.15, 0.2) is 0 Å². The van der Waals surface area contributed by atoms with Gasteiger partial charge in [0, 0.05) is 36.6 Å². The minimum absolute atomic E-state index is 0.0336. The summed E-state index contributed by atoms with van der Waals surface area (Å²) in [4.78, 5) is 30.6. The number of hydrogen-bond acceptors (Lipinski definition) is 5. The van der Waals surface area contributed by atoms with E-state index in [1.165, 1.54) is 0 Å². The number of carbonyl (C=O) groups is 2. The van der Waals surface area contributed by atoms with Gasteiger partial charge in [-0.2, -0.15) is 0 Å². The molecule has 0 aromatic heterocycles. The third-order valence-corrected chi connectivity index (χ3v) is 6.56. The first-order valence-electron chi connectivity index (χ1n) is 9.92. The van der Waals surface area contributed by atoms with Gasteiger partial charge in [0.2, 0.25) is 0 Å². The van der Waals surface area contributed by atoms with Crippen LogP contribution in [0, 0.1) is 0 Å². The minimum Gasteiger partial charge on any atom is -0.379 e. The van der Waals surface area contributed by atoms with Crippen molar-refractivity contribution in [2.24, 2.45) is 0 Å². The van der Waals surface area contributed by atoms with Gasteiger partial charge in [-0.1, -0.05) is 42.1 Å². The van der Waals surface area contributed by atoms with Crippen LogP contribution in [0.5, 0.6) is 0 Å². The van der Waals surface area contributed by atoms with E-state index in [-0.39, 0.29) is 17.2 Å². The first-order chi connectivity index (χ1) is 14.2. The second kappa shape index (κ2) is 8.98. The number of hydrogen-bond donors (Lipinski definition) is 1. The molecule has 2 aromatic rings. The highest BCUT2D eigenvalue weighted by atomic mass is 32.2. The van der Waals surface area contributed by atoms with Gasteiger partial charge in [0.1, 0.15) is 5.37 Å². The molecule has 1 N–H and O–H groups in total. The maximum atomic E-state index is 13.0. The van der Waals surface area contributed by atoms with Crippen molar-refractivity contribution in [3.63, 3.8) is 0 Å². The lowest BCUT2D eigenvalue weighted by atomic mass is 10.1. The Morgan fingerprint density at radius 3 is 2.69 bits per heavy atom. The Hall–Kier alpha value is -2.35. The monoisotopic (exact) mass is 411 g/mol. The van der Waals surface area contributed by atoms with Crippen molar-refractivity contribution in [1.29, 1.82) is 0 Å². The van der Waals surface area contributed by atoms with Crippen molar-refractivity contribution < 1.29 is 14.3 Å². The van der Waals surface area contributed by atoms with Crippen LogP contribution in [0.1, 0.15) is 22.8 Å². The van der Waals surface area contributed by atoms with Crippen LogP contribution < -0.4 is 5.32 Å². The molecule has 2 heterocycles. The molecule has 0 radical (unpaired) electrons. The molecular weight excluding hydrogens is 386 g/mol. The molecule has 0 aliphatic carbocycles. The second-order valence-corrected chi connectivity index (χ2v) is 8.25. The van der Waals surface area contributed by atoms with Crippen LogP contribution in [0.25, 0.3) is 0 Å². The van der Waals surface area contributed by atoms with Gasteiger partial charge in [-0.15, -0.1) is 0 Å². The van der Waals surface area contributed by atoms with Crippen LogP contribution >= 0.6 is 11.8 Å². The molecule has 152 valence electrons. The quantitative estimate of drug-likeness (QED) is 0.819. The van der Waals surface area contributed by atoms with Crippen molar-refractivity contribution in [2.75, 3.05) is 38.2 Å². The number of rotatable bonds is 5. The van der Waals surface area contributed by atoms with Gasteiger partial charge in [0.25, 0.3) is 11.8 Å². The summed E-state index contributed by atoms with van der Waals surface area (Å²) in [5.74, 6) is -0.0701. The van der Waals surface area contributed by atoms with Gasteiger partial charge in [0.05, 0.1) is 18.9 Å². The van der Waals surface area contributed by atoms with E-state index in [9.17, 15) is 9.59 Å². The van der Waals surface area contributed by atoms with E-state index in [1.54, 1.807) is 17.8 Å². The summed E-state index contributed by atoms with van der Waals surface area (Å²) >= 11 is 1.54. The first kappa shape index (κ1) is 19.9. The number of thioether (sulfide) groups is 1. The maximum Gasteiger partial charge on any atom is 0.254 e. The third-order valence-electron chi connectivity index (χ3n) is 5.21. The zero-order valence-corrected chi connectivity index (χ0v) is 17.3. The van der Waals surface area contributed by atoms with Gasteiger partial charge >= 0.3 is 0 Å². The van der Waals surface area contributed by atoms with E-state index in [2.05, 4.69) is 10.2 Å². The summed E-state index contributed by atoms with van der Waals surface area (Å²) in [7, 11) is 0. The average molecular weight is 412 g/mol. The summed E-state index contributed by atoms with van der Waals surface area (Å²) in [6.07, 6.45) is 0. The van der Waals surface area contributed by atoms with E-state index >= 15 is 0 Å². The molecule has 0 bridgehead atoms. The maximum absolute atomic E-state index is 13.0. The lowest BCUT2D eigenvalue weighted by Crippen LogP contribution is -2.48. The van der Waals surface area contributed by atoms with Crippen LogP contribution in [0.2, 0.25) is 0 Å². The van der Waals surface area contributed by atoms with Crippen molar-refractivity contribution >= 4 is 29.3 Å². The van der Waals surface area contributed by atoms with Crippen molar-refractivity contribution in [3.05, 3.63) is 59.7 Å². The second-order valence-electron chi connectivity index (χ2n) is 7.12. The van der Waals surface area contributed by atoms with Crippen LogP contribution in [0.3, 0.4) is 0 Å². The molecule has 1 fully saturated rings. The van der Waals surface area contributed by atoms with E-state index in [1.807, 2.05) is 54.3 Å². The SMILES string of the molecule is CCN(Cc1ccccc1)C(=O)c1ccc2c(c1)NC(=O)C(N1CCOCC1)S2. The number of amides is 2. The Bertz CT molecular complexity index is 884.